The van der Waals surface area contributed by atoms with Gasteiger partial charge in [-0.3, -0.25) is 4.79 Å². The molecule has 0 saturated heterocycles. The van der Waals surface area contributed by atoms with E-state index in [1.807, 2.05) is 54.6 Å². The van der Waals surface area contributed by atoms with E-state index in [0.717, 1.165) is 10.8 Å². The summed E-state index contributed by atoms with van der Waals surface area (Å²) in [5, 5.41) is 8.95. The first-order chi connectivity index (χ1) is 15.3. The quantitative estimate of drug-likeness (QED) is 0.415. The molecule has 0 atom stereocenters. The van der Waals surface area contributed by atoms with Crippen LogP contribution < -0.4 is 10.1 Å². The van der Waals surface area contributed by atoms with Gasteiger partial charge in [-0.25, -0.2) is 0 Å². The number of hydrogen-bond donors (Lipinski definition) is 1. The van der Waals surface area contributed by atoms with Crippen molar-refractivity contribution in [1.29, 1.82) is 0 Å². The maximum absolute atomic E-state index is 12.5. The largest absolute Gasteiger partial charge is 0.484 e. The number of carbonyl (C=O) groups is 1. The molecule has 0 bridgehead atoms. The van der Waals surface area contributed by atoms with Crippen molar-refractivity contribution in [2.24, 2.45) is 0 Å². The first-order valence-corrected chi connectivity index (χ1v) is 9.65. The molecule has 0 fully saturated rings. The van der Waals surface area contributed by atoms with Gasteiger partial charge in [-0.1, -0.05) is 47.6 Å². The predicted molar refractivity (Wildman–Crippen MR) is 116 cm³/mol. The number of carbonyl (C=O) groups excluding carboxylic acids is 1. The van der Waals surface area contributed by atoms with Crippen molar-refractivity contribution in [2.75, 3.05) is 11.9 Å². The Morgan fingerprint density at radius 3 is 2.65 bits per heavy atom. The highest BCUT2D eigenvalue weighted by Crippen LogP contribution is 2.28. The molecule has 2 aromatic heterocycles. The molecule has 152 valence electrons. The first kappa shape index (κ1) is 18.6. The Kier molecular flexibility index (Phi) is 4.90. The number of amides is 1. The van der Waals surface area contributed by atoms with Gasteiger partial charge in [-0.05, 0) is 47.2 Å². The Morgan fingerprint density at radius 2 is 1.77 bits per heavy atom. The number of nitrogens with one attached hydrogen (secondary N) is 1. The summed E-state index contributed by atoms with van der Waals surface area (Å²) in [5.41, 5.74) is 1.15. The molecule has 5 aromatic rings. The third-order valence-corrected chi connectivity index (χ3v) is 4.69. The molecule has 0 saturated carbocycles. The van der Waals surface area contributed by atoms with Crippen molar-refractivity contribution >= 4 is 22.4 Å². The second-order valence-corrected chi connectivity index (χ2v) is 6.79. The van der Waals surface area contributed by atoms with E-state index in [1.54, 1.807) is 24.3 Å². The number of ether oxygens (including phenoxy) is 1. The second-order valence-electron chi connectivity index (χ2n) is 6.79. The van der Waals surface area contributed by atoms with E-state index in [2.05, 4.69) is 15.5 Å². The van der Waals surface area contributed by atoms with Crippen LogP contribution in [0.3, 0.4) is 0 Å². The molecule has 1 N–H and O–H groups in total. The third kappa shape index (κ3) is 4.02. The highest BCUT2D eigenvalue weighted by Gasteiger charge is 2.16. The molecule has 3 aromatic carbocycles. The summed E-state index contributed by atoms with van der Waals surface area (Å²) in [7, 11) is 0. The highest BCUT2D eigenvalue weighted by atomic mass is 16.5. The Bertz CT molecular complexity index is 1340. The van der Waals surface area contributed by atoms with Gasteiger partial charge in [0.15, 0.2) is 12.4 Å². The van der Waals surface area contributed by atoms with Crippen molar-refractivity contribution in [3.63, 3.8) is 0 Å². The molecule has 0 spiro atoms. The van der Waals surface area contributed by atoms with Gasteiger partial charge in [-0.2, -0.15) is 4.98 Å². The molecule has 0 aliphatic rings. The van der Waals surface area contributed by atoms with Crippen LogP contribution in [0.25, 0.3) is 33.8 Å². The molecule has 7 heteroatoms. The zero-order valence-electron chi connectivity index (χ0n) is 16.3. The maximum Gasteiger partial charge on any atom is 0.262 e. The summed E-state index contributed by atoms with van der Waals surface area (Å²) < 4.78 is 16.3. The fourth-order valence-electron chi connectivity index (χ4n) is 3.21. The van der Waals surface area contributed by atoms with Gasteiger partial charge in [0.2, 0.25) is 5.82 Å². The van der Waals surface area contributed by atoms with Gasteiger partial charge in [0.05, 0.1) is 17.5 Å². The average molecular weight is 411 g/mol. The lowest BCUT2D eigenvalue weighted by Gasteiger charge is -2.10. The number of hydrogen-bond acceptors (Lipinski definition) is 6. The second kappa shape index (κ2) is 8.16. The molecule has 2 heterocycles. The molecule has 0 radical (unpaired) electrons. The topological polar surface area (TPSA) is 90.4 Å². The number of nitrogens with zero attached hydrogens (tertiary/aromatic N) is 2. The zero-order chi connectivity index (χ0) is 21.0. The lowest BCUT2D eigenvalue weighted by atomic mass is 10.1. The van der Waals surface area contributed by atoms with Crippen LogP contribution in [0.1, 0.15) is 0 Å². The van der Waals surface area contributed by atoms with Crippen LogP contribution in [0.2, 0.25) is 0 Å². The van der Waals surface area contributed by atoms with Crippen LogP contribution >= 0.6 is 0 Å². The van der Waals surface area contributed by atoms with E-state index in [-0.39, 0.29) is 18.4 Å². The predicted octanol–water partition coefficient (Wildman–Crippen LogP) is 5.17. The number of furan rings is 1. The van der Waals surface area contributed by atoms with Crippen molar-refractivity contribution in [3.8, 4) is 28.8 Å². The monoisotopic (exact) mass is 411 g/mol. The number of rotatable bonds is 6. The number of anilines is 1. The number of benzene rings is 3. The van der Waals surface area contributed by atoms with E-state index in [9.17, 15) is 4.79 Å². The van der Waals surface area contributed by atoms with Crippen molar-refractivity contribution in [2.45, 2.75) is 0 Å². The molecule has 0 aliphatic heterocycles. The molecular weight excluding hydrogens is 394 g/mol. The van der Waals surface area contributed by atoms with Gasteiger partial charge in [0.25, 0.3) is 11.8 Å². The maximum atomic E-state index is 12.5. The lowest BCUT2D eigenvalue weighted by Crippen LogP contribution is -2.20. The molecule has 5 rings (SSSR count). The van der Waals surface area contributed by atoms with E-state index < -0.39 is 0 Å². The third-order valence-electron chi connectivity index (χ3n) is 4.69. The van der Waals surface area contributed by atoms with E-state index >= 15 is 0 Å². The van der Waals surface area contributed by atoms with Gasteiger partial charge in [-0.15, -0.1) is 0 Å². The Balaban J connectivity index is 1.29. The van der Waals surface area contributed by atoms with Crippen LogP contribution in [0.4, 0.5) is 5.69 Å². The van der Waals surface area contributed by atoms with Crippen molar-refractivity contribution in [1.82, 2.24) is 10.1 Å². The van der Waals surface area contributed by atoms with E-state index in [4.69, 9.17) is 13.7 Å². The van der Waals surface area contributed by atoms with Gasteiger partial charge in [0, 0.05) is 0 Å². The number of aromatic nitrogens is 2. The molecule has 1 amide bonds. The molecule has 7 nitrogen and oxygen atoms in total. The minimum absolute atomic E-state index is 0.131. The van der Waals surface area contributed by atoms with Crippen LogP contribution in [-0.4, -0.2) is 22.7 Å². The smallest absolute Gasteiger partial charge is 0.262 e. The van der Waals surface area contributed by atoms with Crippen molar-refractivity contribution < 1.29 is 18.5 Å². The first-order valence-electron chi connectivity index (χ1n) is 9.65. The standard InChI is InChI=1S/C24H17N3O4/c28-22(15-30-18-12-11-16-6-1-2-7-17(16)14-18)25-20-9-4-3-8-19(20)24-26-23(27-31-24)21-10-5-13-29-21/h1-14H,15H2,(H,25,28). The van der Waals surface area contributed by atoms with Gasteiger partial charge in [0.1, 0.15) is 5.75 Å². The van der Waals surface area contributed by atoms with Crippen LogP contribution in [0, 0.1) is 0 Å². The van der Waals surface area contributed by atoms with Crippen LogP contribution in [-0.2, 0) is 4.79 Å². The minimum Gasteiger partial charge on any atom is -0.484 e. The minimum atomic E-state index is -0.300. The molecule has 31 heavy (non-hydrogen) atoms. The number of fused-ring (bicyclic) bond motifs is 1. The fourth-order valence-corrected chi connectivity index (χ4v) is 3.21. The summed E-state index contributed by atoms with van der Waals surface area (Å²) in [6.07, 6.45) is 1.54. The molecule has 0 aliphatic carbocycles. The van der Waals surface area contributed by atoms with Crippen LogP contribution in [0.5, 0.6) is 5.75 Å². The Labute approximate surface area is 177 Å². The summed E-state index contributed by atoms with van der Waals surface area (Å²) in [6.45, 7) is -0.131. The Hall–Kier alpha value is -4.39. The summed E-state index contributed by atoms with van der Waals surface area (Å²) in [5.74, 6) is 1.44. The highest BCUT2D eigenvalue weighted by molar-refractivity contribution is 5.95. The van der Waals surface area contributed by atoms with Gasteiger partial charge < -0.3 is 19.0 Å². The average Bonchev–Trinajstić information content (AvgIpc) is 3.50. The molecule has 0 unspecified atom stereocenters. The summed E-state index contributed by atoms with van der Waals surface area (Å²) >= 11 is 0. The Morgan fingerprint density at radius 1 is 0.935 bits per heavy atom. The van der Waals surface area contributed by atoms with E-state index in [0.29, 0.717) is 28.6 Å². The van der Waals surface area contributed by atoms with E-state index in [1.165, 1.54) is 6.26 Å². The summed E-state index contributed by atoms with van der Waals surface area (Å²) in [6, 6.07) is 24.4. The van der Waals surface area contributed by atoms with Crippen LogP contribution in [0.15, 0.2) is 94.1 Å². The normalized spacial score (nSPS) is 10.8. The molecular formula is C24H17N3O4. The van der Waals surface area contributed by atoms with Gasteiger partial charge >= 0.3 is 0 Å². The zero-order valence-corrected chi connectivity index (χ0v) is 16.3. The van der Waals surface area contributed by atoms with Crippen molar-refractivity contribution in [3.05, 3.63) is 85.1 Å². The fraction of sp³-hybridized carbons (Fsp3) is 0.0417. The number of para-hydroxylation sites is 1. The SMILES string of the molecule is O=C(COc1ccc2ccccc2c1)Nc1ccccc1-c1nc(-c2ccco2)no1. The lowest BCUT2D eigenvalue weighted by molar-refractivity contribution is -0.118. The summed E-state index contributed by atoms with van der Waals surface area (Å²) in [4.78, 5) is 16.9.